The zero-order valence-corrected chi connectivity index (χ0v) is 16.7. The molecule has 1 aromatic carbocycles. The molecule has 1 amide bonds. The summed E-state index contributed by atoms with van der Waals surface area (Å²) in [6.45, 7) is 3.43. The summed E-state index contributed by atoms with van der Waals surface area (Å²) in [7, 11) is -0.230. The van der Waals surface area contributed by atoms with Gasteiger partial charge in [0.1, 0.15) is 16.3 Å². The maximum absolute atomic E-state index is 13.0. The summed E-state index contributed by atoms with van der Waals surface area (Å²) in [5.74, 6) is 0.308. The number of sulfonamides is 1. The van der Waals surface area contributed by atoms with Gasteiger partial charge in [-0.15, -0.1) is 0 Å². The molecule has 146 valence electrons. The van der Waals surface area contributed by atoms with Crippen LogP contribution in [0.25, 0.3) is 0 Å². The summed E-state index contributed by atoms with van der Waals surface area (Å²) in [6, 6.07) is 8.73. The lowest BCUT2D eigenvalue weighted by atomic mass is 10.2. The molecule has 0 aliphatic carbocycles. The van der Waals surface area contributed by atoms with E-state index in [4.69, 9.17) is 4.74 Å². The normalized spacial score (nSPS) is 15.1. The number of ether oxygens (including phenoxy) is 1. The van der Waals surface area contributed by atoms with Gasteiger partial charge in [-0.1, -0.05) is 12.1 Å². The van der Waals surface area contributed by atoms with Gasteiger partial charge in [-0.05, 0) is 38.0 Å². The van der Waals surface area contributed by atoms with E-state index in [1.807, 2.05) is 19.1 Å². The van der Waals surface area contributed by atoms with Crippen molar-refractivity contribution < 1.29 is 17.9 Å². The lowest BCUT2D eigenvalue weighted by Crippen LogP contribution is -2.28. The molecule has 2 aromatic rings. The molecular weight excluding hydrogens is 366 g/mol. The van der Waals surface area contributed by atoms with Crippen molar-refractivity contribution in [3.8, 4) is 5.75 Å². The number of amides is 1. The van der Waals surface area contributed by atoms with Gasteiger partial charge in [0, 0.05) is 33.4 Å². The van der Waals surface area contributed by atoms with Crippen LogP contribution in [0.15, 0.2) is 41.4 Å². The Morgan fingerprint density at radius 1 is 1.22 bits per heavy atom. The van der Waals surface area contributed by atoms with Crippen LogP contribution in [-0.2, 0) is 17.1 Å². The standard InChI is InChI=1S/C19H25N3O4S/c1-4-26-18-10-6-5-9-16(18)21(3)19(23)17-13-15(14-20(17)2)27(24,25)22-11-7-8-12-22/h5-6,9-10,13-14H,4,7-8,11-12H2,1-3H3. The third-order valence-electron chi connectivity index (χ3n) is 4.73. The van der Waals surface area contributed by atoms with Crippen molar-refractivity contribution in [1.29, 1.82) is 0 Å². The highest BCUT2D eigenvalue weighted by Gasteiger charge is 2.30. The zero-order chi connectivity index (χ0) is 19.6. The molecule has 27 heavy (non-hydrogen) atoms. The molecule has 7 nitrogen and oxygen atoms in total. The topological polar surface area (TPSA) is 71.8 Å². The van der Waals surface area contributed by atoms with Gasteiger partial charge in [0.15, 0.2) is 0 Å². The number of aryl methyl sites for hydroxylation is 1. The number of aromatic nitrogens is 1. The van der Waals surface area contributed by atoms with Gasteiger partial charge in [0.2, 0.25) is 10.0 Å². The van der Waals surface area contributed by atoms with Crippen LogP contribution in [0, 0.1) is 0 Å². The van der Waals surface area contributed by atoms with Crippen molar-refractivity contribution in [2.24, 2.45) is 7.05 Å². The fourth-order valence-corrected chi connectivity index (χ4v) is 4.85. The van der Waals surface area contributed by atoms with Crippen LogP contribution in [0.5, 0.6) is 5.75 Å². The second kappa shape index (κ2) is 7.74. The van der Waals surface area contributed by atoms with Gasteiger partial charge < -0.3 is 14.2 Å². The molecular formula is C19H25N3O4S. The molecule has 0 bridgehead atoms. The summed E-state index contributed by atoms with van der Waals surface area (Å²) in [6.07, 6.45) is 3.24. The molecule has 1 aromatic heterocycles. The van der Waals surface area contributed by atoms with Crippen LogP contribution in [0.1, 0.15) is 30.3 Å². The molecule has 2 heterocycles. The highest BCUT2D eigenvalue weighted by Crippen LogP contribution is 2.29. The Labute approximate surface area is 160 Å². The van der Waals surface area contributed by atoms with Gasteiger partial charge in [0.05, 0.1) is 12.3 Å². The largest absolute Gasteiger partial charge is 0.492 e. The van der Waals surface area contributed by atoms with Gasteiger partial charge in [-0.2, -0.15) is 4.31 Å². The van der Waals surface area contributed by atoms with E-state index < -0.39 is 10.0 Å². The van der Waals surface area contributed by atoms with Gasteiger partial charge in [-0.25, -0.2) is 8.42 Å². The first-order chi connectivity index (χ1) is 12.9. The van der Waals surface area contributed by atoms with E-state index in [9.17, 15) is 13.2 Å². The number of nitrogens with zero attached hydrogens (tertiary/aromatic N) is 3. The molecule has 8 heteroatoms. The van der Waals surface area contributed by atoms with Crippen molar-refractivity contribution in [2.75, 3.05) is 31.6 Å². The lowest BCUT2D eigenvalue weighted by Gasteiger charge is -2.20. The summed E-state index contributed by atoms with van der Waals surface area (Å²) in [5.41, 5.74) is 0.941. The lowest BCUT2D eigenvalue weighted by molar-refractivity contribution is 0.0984. The Morgan fingerprint density at radius 3 is 2.56 bits per heavy atom. The molecule has 1 aliphatic heterocycles. The summed E-state index contributed by atoms with van der Waals surface area (Å²) >= 11 is 0. The van der Waals surface area contributed by atoms with E-state index in [1.165, 1.54) is 21.5 Å². The minimum absolute atomic E-state index is 0.154. The van der Waals surface area contributed by atoms with E-state index in [1.54, 1.807) is 30.8 Å². The van der Waals surface area contributed by atoms with E-state index in [0.29, 0.717) is 36.8 Å². The average Bonchev–Trinajstić information content (AvgIpc) is 3.32. The summed E-state index contributed by atoms with van der Waals surface area (Å²) in [5, 5.41) is 0. The van der Waals surface area contributed by atoms with Crippen molar-refractivity contribution in [3.05, 3.63) is 42.2 Å². The van der Waals surface area contributed by atoms with Crippen molar-refractivity contribution in [2.45, 2.75) is 24.7 Å². The average molecular weight is 391 g/mol. The number of anilines is 1. The number of rotatable bonds is 6. The molecule has 3 rings (SSSR count). The Balaban J connectivity index is 1.91. The zero-order valence-electron chi connectivity index (χ0n) is 15.9. The monoisotopic (exact) mass is 391 g/mol. The number of carbonyl (C=O) groups is 1. The summed E-state index contributed by atoms with van der Waals surface area (Å²) in [4.78, 5) is 14.7. The molecule has 0 radical (unpaired) electrons. The van der Waals surface area contributed by atoms with E-state index in [0.717, 1.165) is 12.8 Å². The number of para-hydroxylation sites is 2. The third kappa shape index (κ3) is 3.72. The number of hydrogen-bond acceptors (Lipinski definition) is 4. The SMILES string of the molecule is CCOc1ccccc1N(C)C(=O)c1cc(S(=O)(=O)N2CCCC2)cn1C. The predicted octanol–water partition coefficient (Wildman–Crippen LogP) is 2.48. The van der Waals surface area contributed by atoms with Crippen molar-refractivity contribution >= 4 is 21.6 Å². The number of benzene rings is 1. The summed E-state index contributed by atoms with van der Waals surface area (Å²) < 4.78 is 34.2. The predicted molar refractivity (Wildman–Crippen MR) is 104 cm³/mol. The number of carbonyl (C=O) groups excluding carboxylic acids is 1. The smallest absolute Gasteiger partial charge is 0.274 e. The highest BCUT2D eigenvalue weighted by molar-refractivity contribution is 7.89. The van der Waals surface area contributed by atoms with Gasteiger partial charge >= 0.3 is 0 Å². The van der Waals surface area contributed by atoms with Crippen LogP contribution in [0.4, 0.5) is 5.69 Å². The first-order valence-electron chi connectivity index (χ1n) is 9.02. The van der Waals surface area contributed by atoms with Crippen molar-refractivity contribution in [3.63, 3.8) is 0 Å². The maximum atomic E-state index is 13.0. The maximum Gasteiger partial charge on any atom is 0.274 e. The molecule has 0 atom stereocenters. The van der Waals surface area contributed by atoms with Crippen molar-refractivity contribution in [1.82, 2.24) is 8.87 Å². The van der Waals surface area contributed by atoms with Gasteiger partial charge in [-0.3, -0.25) is 4.79 Å². The minimum Gasteiger partial charge on any atom is -0.492 e. The second-order valence-electron chi connectivity index (χ2n) is 6.55. The third-order valence-corrected chi connectivity index (χ3v) is 6.60. The first kappa shape index (κ1) is 19.4. The highest BCUT2D eigenvalue weighted by atomic mass is 32.2. The Kier molecular flexibility index (Phi) is 5.57. The van der Waals surface area contributed by atoms with E-state index >= 15 is 0 Å². The first-order valence-corrected chi connectivity index (χ1v) is 10.5. The fraction of sp³-hybridized carbons (Fsp3) is 0.421. The van der Waals surface area contributed by atoms with Crippen LogP contribution in [-0.4, -0.2) is 49.9 Å². The van der Waals surface area contributed by atoms with Crippen LogP contribution in [0.3, 0.4) is 0 Å². The molecule has 1 saturated heterocycles. The molecule has 0 unspecified atom stereocenters. The molecule has 0 N–H and O–H groups in total. The second-order valence-corrected chi connectivity index (χ2v) is 8.49. The fourth-order valence-electron chi connectivity index (χ4n) is 3.26. The van der Waals surface area contributed by atoms with Crippen LogP contribution in [0.2, 0.25) is 0 Å². The molecule has 1 fully saturated rings. The van der Waals surface area contributed by atoms with Gasteiger partial charge in [0.25, 0.3) is 5.91 Å². The minimum atomic E-state index is -3.56. The number of hydrogen-bond donors (Lipinski definition) is 0. The van der Waals surface area contributed by atoms with E-state index in [-0.39, 0.29) is 10.8 Å². The molecule has 1 aliphatic rings. The van der Waals surface area contributed by atoms with Crippen LogP contribution >= 0.6 is 0 Å². The Bertz CT molecular complexity index is 930. The quantitative estimate of drug-likeness (QED) is 0.758. The molecule has 0 spiro atoms. The van der Waals surface area contributed by atoms with E-state index in [2.05, 4.69) is 0 Å². The van der Waals surface area contributed by atoms with Crippen LogP contribution < -0.4 is 9.64 Å². The Morgan fingerprint density at radius 2 is 1.89 bits per heavy atom. The Hall–Kier alpha value is -2.32. The molecule has 0 saturated carbocycles.